The molecule has 1 aromatic heterocycles. The van der Waals surface area contributed by atoms with Gasteiger partial charge in [0, 0.05) is 18.8 Å². The Morgan fingerprint density at radius 1 is 1.00 bits per heavy atom. The number of rotatable bonds is 5. The number of nitrogens with one attached hydrogen (secondary N) is 1. The molecule has 144 valence electrons. The van der Waals surface area contributed by atoms with Gasteiger partial charge >= 0.3 is 0 Å². The standard InChI is InChI=1S/C22H24FN5/c23-18-6-8-19(9-7-18)27-21-20(24)22(26-15-25-21)28-12-10-17(11-13-28)14-16-4-2-1-3-5-16/h1-9,15,17H,10-14,24H2,(H,25,26,27). The number of hydrogen-bond donors (Lipinski definition) is 2. The monoisotopic (exact) mass is 377 g/mol. The van der Waals surface area contributed by atoms with Crippen molar-refractivity contribution in [1.82, 2.24) is 9.97 Å². The number of aromatic nitrogens is 2. The lowest BCUT2D eigenvalue weighted by Crippen LogP contribution is -2.35. The molecule has 4 rings (SSSR count). The number of nitrogen functional groups attached to an aromatic ring is 1. The summed E-state index contributed by atoms with van der Waals surface area (Å²) in [5, 5.41) is 3.15. The fraction of sp³-hybridized carbons (Fsp3) is 0.273. The van der Waals surface area contributed by atoms with E-state index in [1.807, 2.05) is 0 Å². The number of nitrogens with zero attached hydrogens (tertiary/aromatic N) is 3. The van der Waals surface area contributed by atoms with Gasteiger partial charge < -0.3 is 16.0 Å². The quantitative estimate of drug-likeness (QED) is 0.690. The first-order valence-corrected chi connectivity index (χ1v) is 9.61. The molecule has 0 bridgehead atoms. The molecule has 1 fully saturated rings. The first kappa shape index (κ1) is 18.2. The minimum atomic E-state index is -0.278. The van der Waals surface area contributed by atoms with Crippen LogP contribution in [0.5, 0.6) is 0 Å². The molecule has 3 N–H and O–H groups in total. The number of piperidine rings is 1. The van der Waals surface area contributed by atoms with Crippen LogP contribution in [0.25, 0.3) is 0 Å². The zero-order valence-corrected chi connectivity index (χ0v) is 15.7. The molecule has 0 saturated carbocycles. The molecule has 0 atom stereocenters. The van der Waals surface area contributed by atoms with Gasteiger partial charge in [-0.15, -0.1) is 0 Å². The van der Waals surface area contributed by atoms with Crippen molar-refractivity contribution in [3.05, 3.63) is 72.3 Å². The molecule has 1 aliphatic rings. The smallest absolute Gasteiger partial charge is 0.159 e. The van der Waals surface area contributed by atoms with E-state index in [0.717, 1.165) is 43.9 Å². The summed E-state index contributed by atoms with van der Waals surface area (Å²) < 4.78 is 13.1. The van der Waals surface area contributed by atoms with Gasteiger partial charge in [-0.25, -0.2) is 14.4 Å². The van der Waals surface area contributed by atoms with Crippen molar-refractivity contribution in [1.29, 1.82) is 0 Å². The third-order valence-corrected chi connectivity index (χ3v) is 5.25. The molecule has 0 aliphatic carbocycles. The van der Waals surface area contributed by atoms with Gasteiger partial charge in [-0.3, -0.25) is 0 Å². The summed E-state index contributed by atoms with van der Waals surface area (Å²) in [6, 6.07) is 16.8. The number of hydrogen-bond acceptors (Lipinski definition) is 5. The molecule has 0 unspecified atom stereocenters. The number of benzene rings is 2. The van der Waals surface area contributed by atoms with Crippen molar-refractivity contribution in [2.24, 2.45) is 5.92 Å². The summed E-state index contributed by atoms with van der Waals surface area (Å²) >= 11 is 0. The summed E-state index contributed by atoms with van der Waals surface area (Å²) in [4.78, 5) is 10.9. The lowest BCUT2D eigenvalue weighted by atomic mass is 9.90. The van der Waals surface area contributed by atoms with Crippen LogP contribution in [0.15, 0.2) is 60.9 Å². The molecule has 1 saturated heterocycles. The Bertz CT molecular complexity index is 906. The fourth-order valence-electron chi connectivity index (χ4n) is 3.70. The van der Waals surface area contributed by atoms with Gasteiger partial charge in [-0.1, -0.05) is 30.3 Å². The predicted molar refractivity (Wildman–Crippen MR) is 111 cm³/mol. The van der Waals surface area contributed by atoms with Gasteiger partial charge in [0.15, 0.2) is 11.6 Å². The van der Waals surface area contributed by atoms with Crippen LogP contribution in [-0.2, 0) is 6.42 Å². The molecule has 0 radical (unpaired) electrons. The average Bonchev–Trinajstić information content (AvgIpc) is 2.73. The van der Waals surface area contributed by atoms with Crippen LogP contribution < -0.4 is 16.0 Å². The van der Waals surface area contributed by atoms with E-state index in [1.165, 1.54) is 24.0 Å². The molecule has 28 heavy (non-hydrogen) atoms. The molecule has 2 aromatic carbocycles. The maximum absolute atomic E-state index is 13.1. The third-order valence-electron chi connectivity index (χ3n) is 5.25. The molecule has 1 aliphatic heterocycles. The Morgan fingerprint density at radius 3 is 2.43 bits per heavy atom. The van der Waals surface area contributed by atoms with Crippen molar-refractivity contribution >= 4 is 23.0 Å². The molecular weight excluding hydrogens is 353 g/mol. The topological polar surface area (TPSA) is 67.1 Å². The Kier molecular flexibility index (Phi) is 5.37. The maximum Gasteiger partial charge on any atom is 0.159 e. The van der Waals surface area contributed by atoms with E-state index < -0.39 is 0 Å². The van der Waals surface area contributed by atoms with Crippen LogP contribution in [0.4, 0.5) is 27.4 Å². The van der Waals surface area contributed by atoms with Crippen LogP contribution >= 0.6 is 0 Å². The Balaban J connectivity index is 1.41. The molecule has 0 amide bonds. The van der Waals surface area contributed by atoms with Gasteiger partial charge in [0.25, 0.3) is 0 Å². The van der Waals surface area contributed by atoms with Gasteiger partial charge in [0.05, 0.1) is 0 Å². The zero-order chi connectivity index (χ0) is 19.3. The first-order valence-electron chi connectivity index (χ1n) is 9.61. The van der Waals surface area contributed by atoms with Crippen LogP contribution in [0.2, 0.25) is 0 Å². The van der Waals surface area contributed by atoms with E-state index in [4.69, 9.17) is 5.73 Å². The minimum absolute atomic E-state index is 0.278. The summed E-state index contributed by atoms with van der Waals surface area (Å²) in [7, 11) is 0. The van der Waals surface area contributed by atoms with Crippen molar-refractivity contribution in [3.8, 4) is 0 Å². The lowest BCUT2D eigenvalue weighted by molar-refractivity contribution is 0.402. The Hall–Kier alpha value is -3.15. The average molecular weight is 377 g/mol. The highest BCUT2D eigenvalue weighted by molar-refractivity contribution is 5.78. The minimum Gasteiger partial charge on any atom is -0.393 e. The molecule has 0 spiro atoms. The number of nitrogens with two attached hydrogens (primary N) is 1. The fourth-order valence-corrected chi connectivity index (χ4v) is 3.70. The molecule has 3 aromatic rings. The van der Waals surface area contributed by atoms with E-state index in [2.05, 4.69) is 50.5 Å². The highest BCUT2D eigenvalue weighted by Crippen LogP contribution is 2.32. The largest absolute Gasteiger partial charge is 0.393 e. The summed E-state index contributed by atoms with van der Waals surface area (Å²) in [6.45, 7) is 1.85. The van der Waals surface area contributed by atoms with Gasteiger partial charge in [-0.2, -0.15) is 0 Å². The van der Waals surface area contributed by atoms with Crippen LogP contribution in [0.1, 0.15) is 18.4 Å². The van der Waals surface area contributed by atoms with E-state index in [0.29, 0.717) is 17.4 Å². The summed E-state index contributed by atoms with van der Waals surface area (Å²) in [5.74, 6) is 1.71. The highest BCUT2D eigenvalue weighted by Gasteiger charge is 2.23. The maximum atomic E-state index is 13.1. The van der Waals surface area contributed by atoms with E-state index in [1.54, 1.807) is 12.1 Å². The van der Waals surface area contributed by atoms with E-state index >= 15 is 0 Å². The zero-order valence-electron chi connectivity index (χ0n) is 15.7. The van der Waals surface area contributed by atoms with E-state index in [-0.39, 0.29) is 5.82 Å². The molecule has 5 nitrogen and oxygen atoms in total. The van der Waals surface area contributed by atoms with Crippen LogP contribution in [0, 0.1) is 11.7 Å². The lowest BCUT2D eigenvalue weighted by Gasteiger charge is -2.33. The normalized spacial score (nSPS) is 14.8. The second-order valence-electron chi connectivity index (χ2n) is 7.21. The molecule has 2 heterocycles. The molecule has 6 heteroatoms. The van der Waals surface area contributed by atoms with Gasteiger partial charge in [0.2, 0.25) is 0 Å². The second kappa shape index (κ2) is 8.25. The van der Waals surface area contributed by atoms with Crippen LogP contribution in [-0.4, -0.2) is 23.1 Å². The van der Waals surface area contributed by atoms with Crippen molar-refractivity contribution in [2.75, 3.05) is 29.0 Å². The highest BCUT2D eigenvalue weighted by atomic mass is 19.1. The van der Waals surface area contributed by atoms with Gasteiger partial charge in [-0.05, 0) is 55.0 Å². The third kappa shape index (κ3) is 4.22. The van der Waals surface area contributed by atoms with E-state index in [9.17, 15) is 4.39 Å². The summed E-state index contributed by atoms with van der Waals surface area (Å²) in [6.07, 6.45) is 4.86. The van der Waals surface area contributed by atoms with Crippen molar-refractivity contribution in [2.45, 2.75) is 19.3 Å². The SMILES string of the molecule is Nc1c(Nc2ccc(F)cc2)ncnc1N1CCC(Cc2ccccc2)CC1. The number of halogens is 1. The van der Waals surface area contributed by atoms with Crippen LogP contribution in [0.3, 0.4) is 0 Å². The Morgan fingerprint density at radius 2 is 1.71 bits per heavy atom. The Labute approximate surface area is 164 Å². The van der Waals surface area contributed by atoms with Crippen molar-refractivity contribution < 1.29 is 4.39 Å². The molecular formula is C22H24FN5. The van der Waals surface area contributed by atoms with Gasteiger partial charge in [0.1, 0.15) is 17.8 Å². The summed E-state index contributed by atoms with van der Waals surface area (Å²) in [5.41, 5.74) is 9.00. The van der Waals surface area contributed by atoms with Crippen molar-refractivity contribution in [3.63, 3.8) is 0 Å². The predicted octanol–water partition coefficient (Wildman–Crippen LogP) is 4.40. The second-order valence-corrected chi connectivity index (χ2v) is 7.21. The number of anilines is 4. The first-order chi connectivity index (χ1) is 13.7.